The van der Waals surface area contributed by atoms with Crippen LogP contribution in [0.25, 0.3) is 0 Å². The minimum absolute atomic E-state index is 0.146. The third-order valence-electron chi connectivity index (χ3n) is 4.34. The first kappa shape index (κ1) is 19.6. The van der Waals surface area contributed by atoms with E-state index in [-0.39, 0.29) is 11.6 Å². The summed E-state index contributed by atoms with van der Waals surface area (Å²) in [5.74, 6) is -0.712. The molecule has 0 radical (unpaired) electrons. The Morgan fingerprint density at radius 2 is 1.46 bits per heavy atom. The topological polar surface area (TPSA) is 71.1 Å². The van der Waals surface area contributed by atoms with E-state index in [1.165, 1.54) is 12.3 Å². The van der Waals surface area contributed by atoms with Gasteiger partial charge in [0.05, 0.1) is 0 Å². The van der Waals surface area contributed by atoms with Crippen LogP contribution in [-0.2, 0) is 0 Å². The fourth-order valence-electron chi connectivity index (χ4n) is 2.68. The second-order valence-electron chi connectivity index (χ2n) is 6.62. The first-order chi connectivity index (χ1) is 13.3. The molecule has 0 aliphatic rings. The van der Waals surface area contributed by atoms with Crippen LogP contribution in [0.1, 0.15) is 37.5 Å². The number of amides is 2. The van der Waals surface area contributed by atoms with Gasteiger partial charge >= 0.3 is 0 Å². The smallest absolute Gasteiger partial charge is 0.274 e. The lowest BCUT2D eigenvalue weighted by Gasteiger charge is -2.11. The van der Waals surface area contributed by atoms with Crippen LogP contribution >= 0.6 is 11.6 Å². The fraction of sp³-hybridized carbons (Fsp3) is 0.136. The van der Waals surface area contributed by atoms with E-state index in [0.29, 0.717) is 16.3 Å². The van der Waals surface area contributed by atoms with Gasteiger partial charge in [-0.25, -0.2) is 0 Å². The molecule has 2 amide bonds. The number of pyridine rings is 1. The number of hydrogen-bond donors (Lipinski definition) is 2. The van der Waals surface area contributed by atoms with Crippen molar-refractivity contribution in [3.05, 3.63) is 87.7 Å². The standard InChI is InChI=1S/C22H20ClN3O2/c1-13-4-5-14(2)18(10-13)25-21(27)16-8-9-24-20(11-16)22(28)26-19-12-17(23)7-6-15(19)3/h4-12H,1-3H3,(H,25,27)(H,26,28). The highest BCUT2D eigenvalue weighted by Gasteiger charge is 2.14. The largest absolute Gasteiger partial charge is 0.322 e. The molecule has 0 unspecified atom stereocenters. The second kappa shape index (κ2) is 8.23. The van der Waals surface area contributed by atoms with E-state index in [1.807, 2.05) is 45.0 Å². The summed E-state index contributed by atoms with van der Waals surface area (Å²) < 4.78 is 0. The highest BCUT2D eigenvalue weighted by molar-refractivity contribution is 6.31. The normalized spacial score (nSPS) is 10.4. The quantitative estimate of drug-likeness (QED) is 0.642. The van der Waals surface area contributed by atoms with E-state index in [0.717, 1.165) is 22.4 Å². The third kappa shape index (κ3) is 4.56. The molecule has 0 saturated heterocycles. The van der Waals surface area contributed by atoms with Crippen LogP contribution in [0.5, 0.6) is 0 Å². The number of nitrogens with zero attached hydrogens (tertiary/aromatic N) is 1. The van der Waals surface area contributed by atoms with Gasteiger partial charge in [0.15, 0.2) is 0 Å². The van der Waals surface area contributed by atoms with Crippen LogP contribution in [-0.4, -0.2) is 16.8 Å². The molecule has 0 aliphatic carbocycles. The lowest BCUT2D eigenvalue weighted by atomic mass is 10.1. The summed E-state index contributed by atoms with van der Waals surface area (Å²) in [6, 6.07) is 14.1. The number of carbonyl (C=O) groups is 2. The summed E-state index contributed by atoms with van der Waals surface area (Å²) in [5.41, 5.74) is 4.72. The number of benzene rings is 2. The Balaban J connectivity index is 1.79. The molecule has 142 valence electrons. The summed E-state index contributed by atoms with van der Waals surface area (Å²) in [5, 5.41) is 6.19. The van der Waals surface area contributed by atoms with Gasteiger partial charge in [-0.1, -0.05) is 29.8 Å². The second-order valence-corrected chi connectivity index (χ2v) is 7.05. The monoisotopic (exact) mass is 393 g/mol. The molecule has 28 heavy (non-hydrogen) atoms. The minimum Gasteiger partial charge on any atom is -0.322 e. The summed E-state index contributed by atoms with van der Waals surface area (Å²) in [6.07, 6.45) is 1.44. The molecule has 5 nitrogen and oxygen atoms in total. The fourth-order valence-corrected chi connectivity index (χ4v) is 2.85. The van der Waals surface area contributed by atoms with Crippen LogP contribution in [0.3, 0.4) is 0 Å². The van der Waals surface area contributed by atoms with Crippen molar-refractivity contribution in [1.29, 1.82) is 0 Å². The van der Waals surface area contributed by atoms with Crippen molar-refractivity contribution in [1.82, 2.24) is 4.98 Å². The Bertz CT molecular complexity index is 983. The first-order valence-electron chi connectivity index (χ1n) is 8.75. The number of rotatable bonds is 4. The number of hydrogen-bond acceptors (Lipinski definition) is 3. The Morgan fingerprint density at radius 3 is 2.21 bits per heavy atom. The van der Waals surface area contributed by atoms with Crippen molar-refractivity contribution in [3.8, 4) is 0 Å². The number of carbonyl (C=O) groups excluding carboxylic acids is 2. The Kier molecular flexibility index (Phi) is 5.76. The van der Waals surface area contributed by atoms with Gasteiger partial charge in [-0.3, -0.25) is 14.6 Å². The van der Waals surface area contributed by atoms with Gasteiger partial charge in [-0.2, -0.15) is 0 Å². The van der Waals surface area contributed by atoms with Crippen LogP contribution in [0.2, 0.25) is 5.02 Å². The zero-order valence-electron chi connectivity index (χ0n) is 15.8. The van der Waals surface area contributed by atoms with Crippen molar-refractivity contribution in [2.75, 3.05) is 10.6 Å². The Morgan fingerprint density at radius 1 is 0.821 bits per heavy atom. The summed E-state index contributed by atoms with van der Waals surface area (Å²) in [6.45, 7) is 5.75. The number of anilines is 2. The van der Waals surface area contributed by atoms with Gasteiger partial charge in [0.1, 0.15) is 5.69 Å². The van der Waals surface area contributed by atoms with E-state index >= 15 is 0 Å². The maximum absolute atomic E-state index is 12.6. The molecule has 2 N–H and O–H groups in total. The number of aromatic nitrogens is 1. The molecule has 0 aliphatic heterocycles. The van der Waals surface area contributed by atoms with Crippen molar-refractivity contribution in [2.24, 2.45) is 0 Å². The molecule has 2 aromatic carbocycles. The number of aryl methyl sites for hydroxylation is 3. The lowest BCUT2D eigenvalue weighted by Crippen LogP contribution is -2.17. The van der Waals surface area contributed by atoms with Gasteiger partial charge in [0, 0.05) is 28.2 Å². The Labute approximate surface area is 168 Å². The van der Waals surface area contributed by atoms with Crippen molar-refractivity contribution in [2.45, 2.75) is 20.8 Å². The zero-order valence-corrected chi connectivity index (χ0v) is 16.6. The van der Waals surface area contributed by atoms with Crippen LogP contribution in [0, 0.1) is 20.8 Å². The lowest BCUT2D eigenvalue weighted by molar-refractivity contribution is 0.102. The maximum atomic E-state index is 12.6. The predicted octanol–water partition coefficient (Wildman–Crippen LogP) is 5.16. The Hall–Kier alpha value is -3.18. The van der Waals surface area contributed by atoms with Gasteiger partial charge in [0.2, 0.25) is 0 Å². The van der Waals surface area contributed by atoms with E-state index in [1.54, 1.807) is 18.2 Å². The molecule has 0 spiro atoms. The number of nitrogens with one attached hydrogen (secondary N) is 2. The average molecular weight is 394 g/mol. The van der Waals surface area contributed by atoms with Crippen molar-refractivity contribution >= 4 is 34.8 Å². The zero-order chi connectivity index (χ0) is 20.3. The van der Waals surface area contributed by atoms with Crippen LogP contribution in [0.4, 0.5) is 11.4 Å². The molecule has 0 saturated carbocycles. The van der Waals surface area contributed by atoms with Crippen LogP contribution in [0.15, 0.2) is 54.7 Å². The average Bonchev–Trinajstić information content (AvgIpc) is 2.67. The van der Waals surface area contributed by atoms with Gasteiger partial charge in [0.25, 0.3) is 11.8 Å². The van der Waals surface area contributed by atoms with Crippen LogP contribution < -0.4 is 10.6 Å². The van der Waals surface area contributed by atoms with E-state index in [4.69, 9.17) is 11.6 Å². The minimum atomic E-state index is -0.410. The van der Waals surface area contributed by atoms with Crippen molar-refractivity contribution < 1.29 is 9.59 Å². The third-order valence-corrected chi connectivity index (χ3v) is 4.58. The first-order valence-corrected chi connectivity index (χ1v) is 9.13. The van der Waals surface area contributed by atoms with E-state index in [2.05, 4.69) is 15.6 Å². The molecular formula is C22H20ClN3O2. The molecule has 0 bridgehead atoms. The molecular weight excluding hydrogens is 374 g/mol. The van der Waals surface area contributed by atoms with Gasteiger partial charge < -0.3 is 10.6 Å². The highest BCUT2D eigenvalue weighted by Crippen LogP contribution is 2.21. The highest BCUT2D eigenvalue weighted by atomic mass is 35.5. The maximum Gasteiger partial charge on any atom is 0.274 e. The molecule has 6 heteroatoms. The summed E-state index contributed by atoms with van der Waals surface area (Å²) in [4.78, 5) is 29.3. The molecule has 0 fully saturated rings. The molecule has 1 heterocycles. The van der Waals surface area contributed by atoms with E-state index in [9.17, 15) is 9.59 Å². The molecule has 0 atom stereocenters. The van der Waals surface area contributed by atoms with Gasteiger partial charge in [-0.15, -0.1) is 0 Å². The number of halogens is 1. The predicted molar refractivity (Wildman–Crippen MR) is 112 cm³/mol. The van der Waals surface area contributed by atoms with Crippen molar-refractivity contribution in [3.63, 3.8) is 0 Å². The van der Waals surface area contributed by atoms with E-state index < -0.39 is 5.91 Å². The molecule has 1 aromatic heterocycles. The summed E-state index contributed by atoms with van der Waals surface area (Å²) in [7, 11) is 0. The SMILES string of the molecule is Cc1ccc(C)c(NC(=O)c2ccnc(C(=O)Nc3cc(Cl)ccc3C)c2)c1. The van der Waals surface area contributed by atoms with Gasteiger partial charge in [-0.05, 0) is 67.8 Å². The molecule has 3 aromatic rings. The summed E-state index contributed by atoms with van der Waals surface area (Å²) >= 11 is 5.99. The molecule has 3 rings (SSSR count).